The first-order valence-corrected chi connectivity index (χ1v) is 7.31. The molecule has 0 radical (unpaired) electrons. The van der Waals surface area contributed by atoms with Gasteiger partial charge in [0.2, 0.25) is 11.0 Å². The second-order valence-corrected chi connectivity index (χ2v) is 5.71. The van der Waals surface area contributed by atoms with Crippen LogP contribution in [-0.4, -0.2) is 60.3 Å². The molecule has 1 saturated heterocycles. The first kappa shape index (κ1) is 14.7. The fraction of sp³-hybridized carbons (Fsp3) is 0.667. The quantitative estimate of drug-likeness (QED) is 0.751. The van der Waals surface area contributed by atoms with E-state index in [2.05, 4.69) is 19.8 Å². The minimum atomic E-state index is -0.346. The monoisotopic (exact) mass is 298 g/mol. The summed E-state index contributed by atoms with van der Waals surface area (Å²) >= 11 is 1.56. The van der Waals surface area contributed by atoms with E-state index in [4.69, 9.17) is 0 Å². The number of carbonyl (C=O) groups excluding carboxylic acids is 2. The van der Waals surface area contributed by atoms with Crippen LogP contribution in [-0.2, 0) is 14.3 Å². The molecule has 20 heavy (non-hydrogen) atoms. The SMILES string of the molecule is COC(=O)CCC(=O)N1CCN(c2nnc(C)s2)CC1. The first-order valence-electron chi connectivity index (χ1n) is 6.50. The van der Waals surface area contributed by atoms with Crippen LogP contribution >= 0.6 is 11.3 Å². The third kappa shape index (κ3) is 3.66. The van der Waals surface area contributed by atoms with Gasteiger partial charge in [0.25, 0.3) is 0 Å². The van der Waals surface area contributed by atoms with Gasteiger partial charge in [0.05, 0.1) is 13.5 Å². The van der Waals surface area contributed by atoms with Gasteiger partial charge in [-0.3, -0.25) is 9.59 Å². The van der Waals surface area contributed by atoms with Gasteiger partial charge in [0.1, 0.15) is 5.01 Å². The number of aromatic nitrogens is 2. The number of piperazine rings is 1. The Morgan fingerprint density at radius 2 is 1.90 bits per heavy atom. The maximum Gasteiger partial charge on any atom is 0.306 e. The van der Waals surface area contributed by atoms with Gasteiger partial charge in [-0.1, -0.05) is 11.3 Å². The van der Waals surface area contributed by atoms with E-state index in [9.17, 15) is 9.59 Å². The van der Waals surface area contributed by atoms with Crippen LogP contribution in [0.5, 0.6) is 0 Å². The molecule has 0 aliphatic carbocycles. The number of aryl methyl sites for hydroxylation is 1. The standard InChI is InChI=1S/C12H18N4O3S/c1-9-13-14-12(20-9)16-7-5-15(6-8-16)10(17)3-4-11(18)19-2/h3-8H2,1-2H3. The molecule has 0 bridgehead atoms. The molecule has 8 heteroatoms. The third-order valence-corrected chi connectivity index (χ3v) is 4.09. The molecular formula is C12H18N4O3S. The highest BCUT2D eigenvalue weighted by molar-refractivity contribution is 7.15. The maximum absolute atomic E-state index is 11.9. The van der Waals surface area contributed by atoms with Crippen molar-refractivity contribution in [3.63, 3.8) is 0 Å². The van der Waals surface area contributed by atoms with Crippen LogP contribution in [0.15, 0.2) is 0 Å². The fourth-order valence-corrected chi connectivity index (χ4v) is 2.77. The number of ether oxygens (including phenoxy) is 1. The van der Waals surface area contributed by atoms with Gasteiger partial charge in [0, 0.05) is 32.6 Å². The molecule has 7 nitrogen and oxygen atoms in total. The van der Waals surface area contributed by atoms with E-state index in [1.165, 1.54) is 7.11 Å². The molecule has 1 aliphatic heterocycles. The predicted octanol–water partition coefficient (Wildman–Crippen LogP) is 0.448. The molecule has 0 unspecified atom stereocenters. The number of methoxy groups -OCH3 is 1. The van der Waals surface area contributed by atoms with Crippen molar-refractivity contribution in [2.24, 2.45) is 0 Å². The van der Waals surface area contributed by atoms with Crippen LogP contribution in [0.2, 0.25) is 0 Å². The van der Waals surface area contributed by atoms with E-state index in [1.807, 2.05) is 6.92 Å². The number of esters is 1. The van der Waals surface area contributed by atoms with Crippen LogP contribution < -0.4 is 4.90 Å². The van der Waals surface area contributed by atoms with Gasteiger partial charge in [-0.05, 0) is 6.92 Å². The van der Waals surface area contributed by atoms with E-state index < -0.39 is 0 Å². The highest BCUT2D eigenvalue weighted by atomic mass is 32.1. The van der Waals surface area contributed by atoms with Crippen LogP contribution in [0.4, 0.5) is 5.13 Å². The summed E-state index contributed by atoms with van der Waals surface area (Å²) in [6.07, 6.45) is 0.357. The minimum Gasteiger partial charge on any atom is -0.469 e. The van der Waals surface area contributed by atoms with E-state index in [0.717, 1.165) is 23.2 Å². The Morgan fingerprint density at radius 1 is 1.20 bits per heavy atom. The summed E-state index contributed by atoms with van der Waals surface area (Å²) in [6.45, 7) is 4.72. The number of amides is 1. The summed E-state index contributed by atoms with van der Waals surface area (Å²) in [5.41, 5.74) is 0. The summed E-state index contributed by atoms with van der Waals surface area (Å²) in [5.74, 6) is -0.343. The average Bonchev–Trinajstić information content (AvgIpc) is 2.91. The summed E-state index contributed by atoms with van der Waals surface area (Å²) in [4.78, 5) is 26.9. The zero-order valence-corrected chi connectivity index (χ0v) is 12.5. The second-order valence-electron chi connectivity index (χ2n) is 4.55. The number of anilines is 1. The van der Waals surface area contributed by atoms with Gasteiger partial charge < -0.3 is 14.5 Å². The second kappa shape index (κ2) is 6.65. The lowest BCUT2D eigenvalue weighted by Gasteiger charge is -2.34. The van der Waals surface area contributed by atoms with Crippen LogP contribution in [0.1, 0.15) is 17.8 Å². The molecule has 1 aliphatic rings. The number of hydrogen-bond donors (Lipinski definition) is 0. The summed E-state index contributed by atoms with van der Waals surface area (Å²) in [6, 6.07) is 0. The van der Waals surface area contributed by atoms with Gasteiger partial charge in [-0.2, -0.15) is 0 Å². The van der Waals surface area contributed by atoms with Gasteiger partial charge in [-0.25, -0.2) is 0 Å². The van der Waals surface area contributed by atoms with Crippen molar-refractivity contribution in [3.8, 4) is 0 Å². The lowest BCUT2D eigenvalue weighted by molar-refractivity contribution is -0.143. The zero-order valence-electron chi connectivity index (χ0n) is 11.7. The van der Waals surface area contributed by atoms with Crippen molar-refractivity contribution in [1.29, 1.82) is 0 Å². The molecule has 1 aromatic rings. The first-order chi connectivity index (χ1) is 9.60. The lowest BCUT2D eigenvalue weighted by Crippen LogP contribution is -2.48. The topological polar surface area (TPSA) is 75.6 Å². The molecule has 1 amide bonds. The van der Waals surface area contributed by atoms with E-state index in [0.29, 0.717) is 13.1 Å². The molecule has 2 heterocycles. The summed E-state index contributed by atoms with van der Waals surface area (Å²) in [7, 11) is 1.33. The molecule has 0 N–H and O–H groups in total. The van der Waals surface area contributed by atoms with Crippen molar-refractivity contribution < 1.29 is 14.3 Å². The predicted molar refractivity (Wildman–Crippen MR) is 74.7 cm³/mol. The lowest BCUT2D eigenvalue weighted by atomic mass is 10.2. The Hall–Kier alpha value is -1.70. The van der Waals surface area contributed by atoms with Crippen molar-refractivity contribution in [1.82, 2.24) is 15.1 Å². The molecule has 0 atom stereocenters. The molecule has 0 spiro atoms. The van der Waals surface area contributed by atoms with E-state index in [-0.39, 0.29) is 24.7 Å². The molecule has 110 valence electrons. The van der Waals surface area contributed by atoms with Crippen LogP contribution in [0.3, 0.4) is 0 Å². The number of carbonyl (C=O) groups is 2. The van der Waals surface area contributed by atoms with Gasteiger partial charge in [-0.15, -0.1) is 10.2 Å². The Bertz CT molecular complexity index is 483. The largest absolute Gasteiger partial charge is 0.469 e. The molecule has 1 fully saturated rings. The zero-order chi connectivity index (χ0) is 14.5. The van der Waals surface area contributed by atoms with Crippen LogP contribution in [0.25, 0.3) is 0 Å². The van der Waals surface area contributed by atoms with Gasteiger partial charge in [0.15, 0.2) is 0 Å². The Labute approximate surface area is 121 Å². The molecule has 0 saturated carbocycles. The van der Waals surface area contributed by atoms with E-state index in [1.54, 1.807) is 16.2 Å². The number of nitrogens with zero attached hydrogens (tertiary/aromatic N) is 4. The van der Waals surface area contributed by atoms with Gasteiger partial charge >= 0.3 is 5.97 Å². The minimum absolute atomic E-state index is 0.00324. The average molecular weight is 298 g/mol. The fourth-order valence-electron chi connectivity index (χ4n) is 2.03. The molecule has 0 aromatic carbocycles. The van der Waals surface area contributed by atoms with Crippen molar-refractivity contribution in [3.05, 3.63) is 5.01 Å². The number of hydrogen-bond acceptors (Lipinski definition) is 7. The van der Waals surface area contributed by atoms with Crippen molar-refractivity contribution in [2.45, 2.75) is 19.8 Å². The van der Waals surface area contributed by atoms with Crippen molar-refractivity contribution in [2.75, 3.05) is 38.2 Å². The normalized spacial score (nSPS) is 15.3. The molecule has 2 rings (SSSR count). The third-order valence-electron chi connectivity index (χ3n) is 3.19. The molecule has 1 aromatic heterocycles. The highest BCUT2D eigenvalue weighted by Gasteiger charge is 2.23. The van der Waals surface area contributed by atoms with Crippen molar-refractivity contribution >= 4 is 28.3 Å². The maximum atomic E-state index is 11.9. The Balaban J connectivity index is 1.79. The summed E-state index contributed by atoms with van der Waals surface area (Å²) in [5, 5.41) is 9.96. The number of rotatable bonds is 4. The van der Waals surface area contributed by atoms with E-state index >= 15 is 0 Å². The molecular weight excluding hydrogens is 280 g/mol. The highest BCUT2D eigenvalue weighted by Crippen LogP contribution is 2.20. The van der Waals surface area contributed by atoms with Crippen LogP contribution in [0, 0.1) is 6.92 Å². The summed E-state index contributed by atoms with van der Waals surface area (Å²) < 4.78 is 4.53. The Kier molecular flexibility index (Phi) is 4.89. The smallest absolute Gasteiger partial charge is 0.306 e. The Morgan fingerprint density at radius 3 is 2.45 bits per heavy atom.